The SMILES string of the molecule is O=c1c2ccccc2nc2n1CCC/C2=N\Nc1ccc([N+](=O)[O-])cc1. The van der Waals surface area contributed by atoms with Gasteiger partial charge >= 0.3 is 0 Å². The van der Waals surface area contributed by atoms with E-state index in [0.29, 0.717) is 41.1 Å². The number of nitro groups is 1. The molecule has 2 heterocycles. The van der Waals surface area contributed by atoms with Gasteiger partial charge in [-0.25, -0.2) is 4.98 Å². The highest BCUT2D eigenvalue weighted by Gasteiger charge is 2.20. The molecule has 0 saturated carbocycles. The molecule has 0 amide bonds. The minimum Gasteiger partial charge on any atom is -0.291 e. The Bertz CT molecular complexity index is 1090. The number of fused-ring (bicyclic) bond motifs is 2. The first-order valence-corrected chi connectivity index (χ1v) is 8.20. The molecule has 0 spiro atoms. The quantitative estimate of drug-likeness (QED) is 0.578. The van der Waals surface area contributed by atoms with Gasteiger partial charge in [-0.1, -0.05) is 12.1 Å². The molecule has 8 nitrogen and oxygen atoms in total. The lowest BCUT2D eigenvalue weighted by molar-refractivity contribution is -0.384. The number of aromatic nitrogens is 2. The van der Waals surface area contributed by atoms with E-state index in [1.165, 1.54) is 12.1 Å². The van der Waals surface area contributed by atoms with Crippen molar-refractivity contribution < 1.29 is 4.92 Å². The second-order valence-corrected chi connectivity index (χ2v) is 5.99. The van der Waals surface area contributed by atoms with E-state index in [1.807, 2.05) is 18.2 Å². The predicted molar refractivity (Wildman–Crippen MR) is 98.5 cm³/mol. The lowest BCUT2D eigenvalue weighted by Crippen LogP contribution is -2.32. The van der Waals surface area contributed by atoms with Gasteiger partial charge in [0.05, 0.1) is 21.5 Å². The normalized spacial score (nSPS) is 15.0. The Kier molecular flexibility index (Phi) is 3.92. The number of anilines is 1. The van der Waals surface area contributed by atoms with Crippen LogP contribution in [0.5, 0.6) is 0 Å². The van der Waals surface area contributed by atoms with Crippen LogP contribution in [-0.2, 0) is 6.54 Å². The summed E-state index contributed by atoms with van der Waals surface area (Å²) in [4.78, 5) is 27.5. The summed E-state index contributed by atoms with van der Waals surface area (Å²) in [5, 5.41) is 15.7. The molecule has 4 rings (SSSR count). The van der Waals surface area contributed by atoms with Crippen molar-refractivity contribution in [2.75, 3.05) is 5.43 Å². The van der Waals surface area contributed by atoms with Crippen molar-refractivity contribution in [3.8, 4) is 0 Å². The molecule has 0 radical (unpaired) electrons. The fraction of sp³-hybridized carbons (Fsp3) is 0.167. The summed E-state index contributed by atoms with van der Waals surface area (Å²) in [5.74, 6) is 0.564. The molecule has 3 aromatic rings. The van der Waals surface area contributed by atoms with Crippen LogP contribution in [0.3, 0.4) is 0 Å². The number of nitrogens with zero attached hydrogens (tertiary/aromatic N) is 4. The van der Waals surface area contributed by atoms with Gasteiger partial charge in [-0.2, -0.15) is 5.10 Å². The van der Waals surface area contributed by atoms with Gasteiger partial charge < -0.3 is 0 Å². The first-order valence-electron chi connectivity index (χ1n) is 8.20. The number of benzene rings is 2. The van der Waals surface area contributed by atoms with Gasteiger partial charge in [0.2, 0.25) is 0 Å². The number of nitro benzene ring substituents is 1. The number of rotatable bonds is 3. The maximum atomic E-state index is 12.7. The van der Waals surface area contributed by atoms with Gasteiger partial charge in [-0.15, -0.1) is 0 Å². The summed E-state index contributed by atoms with van der Waals surface area (Å²) in [6, 6.07) is 13.3. The summed E-state index contributed by atoms with van der Waals surface area (Å²) in [7, 11) is 0. The molecular formula is C18H15N5O3. The van der Waals surface area contributed by atoms with Crippen molar-refractivity contribution in [2.45, 2.75) is 19.4 Å². The highest BCUT2D eigenvalue weighted by atomic mass is 16.6. The predicted octanol–water partition coefficient (Wildman–Crippen LogP) is 2.91. The number of hydrogen-bond acceptors (Lipinski definition) is 6. The summed E-state index contributed by atoms with van der Waals surface area (Å²) in [5.41, 5.74) is 4.82. The van der Waals surface area contributed by atoms with Crippen molar-refractivity contribution in [3.63, 3.8) is 0 Å². The van der Waals surface area contributed by atoms with Gasteiger partial charge in [0.1, 0.15) is 5.71 Å². The Balaban J connectivity index is 1.70. The zero-order chi connectivity index (χ0) is 18.1. The first-order chi connectivity index (χ1) is 12.6. The average molecular weight is 349 g/mol. The minimum atomic E-state index is -0.450. The Morgan fingerprint density at radius 2 is 1.92 bits per heavy atom. The van der Waals surface area contributed by atoms with E-state index >= 15 is 0 Å². The summed E-state index contributed by atoms with van der Waals surface area (Å²) in [6.45, 7) is 0.614. The molecule has 1 aromatic heterocycles. The van der Waals surface area contributed by atoms with Crippen LogP contribution in [0.25, 0.3) is 10.9 Å². The molecule has 0 aliphatic carbocycles. The van der Waals surface area contributed by atoms with E-state index in [4.69, 9.17) is 0 Å². The van der Waals surface area contributed by atoms with E-state index in [0.717, 1.165) is 6.42 Å². The fourth-order valence-corrected chi connectivity index (χ4v) is 3.01. The van der Waals surface area contributed by atoms with Crippen LogP contribution in [0.15, 0.2) is 58.4 Å². The van der Waals surface area contributed by atoms with Crippen molar-refractivity contribution in [3.05, 3.63) is 74.8 Å². The van der Waals surface area contributed by atoms with Gasteiger partial charge in [0.15, 0.2) is 5.82 Å². The number of hydrogen-bond donors (Lipinski definition) is 1. The minimum absolute atomic E-state index is 0.0194. The van der Waals surface area contributed by atoms with E-state index in [2.05, 4.69) is 15.5 Å². The third kappa shape index (κ3) is 2.81. The molecule has 1 aliphatic heterocycles. The van der Waals surface area contributed by atoms with E-state index in [-0.39, 0.29) is 11.2 Å². The molecule has 1 aliphatic rings. The zero-order valence-corrected chi connectivity index (χ0v) is 13.8. The Hall–Kier alpha value is -3.55. The van der Waals surface area contributed by atoms with Crippen LogP contribution in [0.1, 0.15) is 18.7 Å². The fourth-order valence-electron chi connectivity index (χ4n) is 3.01. The van der Waals surface area contributed by atoms with Gasteiger partial charge in [-0.3, -0.25) is 24.9 Å². The van der Waals surface area contributed by atoms with E-state index < -0.39 is 4.92 Å². The van der Waals surface area contributed by atoms with Crippen molar-refractivity contribution >= 4 is 28.0 Å². The molecule has 2 aromatic carbocycles. The second kappa shape index (κ2) is 6.40. The maximum Gasteiger partial charge on any atom is 0.269 e. The molecule has 8 heteroatoms. The van der Waals surface area contributed by atoms with Crippen LogP contribution < -0.4 is 11.0 Å². The zero-order valence-electron chi connectivity index (χ0n) is 13.8. The van der Waals surface area contributed by atoms with Crippen LogP contribution in [-0.4, -0.2) is 20.2 Å². The van der Waals surface area contributed by atoms with Crippen molar-refractivity contribution in [1.29, 1.82) is 0 Å². The molecule has 130 valence electrons. The standard InChI is InChI=1S/C18H15N5O3/c24-18-14-4-1-2-5-15(14)19-17-16(6-3-11-22(17)18)21-20-12-7-9-13(10-8-12)23(25)26/h1-2,4-5,7-10,20H,3,6,11H2/b21-16+. The molecule has 0 bridgehead atoms. The summed E-state index contributed by atoms with van der Waals surface area (Å²) in [6.07, 6.45) is 1.50. The summed E-state index contributed by atoms with van der Waals surface area (Å²) < 4.78 is 1.65. The van der Waals surface area contributed by atoms with Gasteiger partial charge in [0, 0.05) is 18.7 Å². The van der Waals surface area contributed by atoms with Crippen LogP contribution >= 0.6 is 0 Å². The first kappa shape index (κ1) is 15.9. The number of hydrazone groups is 1. The Morgan fingerprint density at radius 1 is 1.15 bits per heavy atom. The summed E-state index contributed by atoms with van der Waals surface area (Å²) >= 11 is 0. The molecule has 1 N–H and O–H groups in total. The topological polar surface area (TPSA) is 102 Å². The number of non-ortho nitro benzene ring substituents is 1. The van der Waals surface area contributed by atoms with Crippen LogP contribution in [0, 0.1) is 10.1 Å². The van der Waals surface area contributed by atoms with Crippen LogP contribution in [0.2, 0.25) is 0 Å². The largest absolute Gasteiger partial charge is 0.291 e. The van der Waals surface area contributed by atoms with Gasteiger partial charge in [-0.05, 0) is 37.1 Å². The monoisotopic (exact) mass is 349 g/mol. The van der Waals surface area contributed by atoms with Crippen molar-refractivity contribution in [1.82, 2.24) is 9.55 Å². The average Bonchev–Trinajstić information content (AvgIpc) is 2.67. The van der Waals surface area contributed by atoms with Crippen LogP contribution in [0.4, 0.5) is 11.4 Å². The van der Waals surface area contributed by atoms with Gasteiger partial charge in [0.25, 0.3) is 11.2 Å². The molecular weight excluding hydrogens is 334 g/mol. The van der Waals surface area contributed by atoms with Crippen molar-refractivity contribution in [2.24, 2.45) is 5.10 Å². The number of para-hydroxylation sites is 1. The second-order valence-electron chi connectivity index (χ2n) is 5.99. The lowest BCUT2D eigenvalue weighted by atomic mass is 10.1. The third-order valence-corrected chi connectivity index (χ3v) is 4.31. The highest BCUT2D eigenvalue weighted by Crippen LogP contribution is 2.18. The molecule has 0 fully saturated rings. The molecule has 0 unspecified atom stereocenters. The number of nitrogens with one attached hydrogen (secondary N) is 1. The molecule has 26 heavy (non-hydrogen) atoms. The molecule has 0 atom stereocenters. The smallest absolute Gasteiger partial charge is 0.269 e. The molecule has 0 saturated heterocycles. The Labute approximate surface area is 148 Å². The Morgan fingerprint density at radius 3 is 2.69 bits per heavy atom. The van der Waals surface area contributed by atoms with E-state index in [1.54, 1.807) is 22.8 Å². The van der Waals surface area contributed by atoms with E-state index in [9.17, 15) is 14.9 Å². The highest BCUT2D eigenvalue weighted by molar-refractivity contribution is 5.99. The third-order valence-electron chi connectivity index (χ3n) is 4.31. The lowest BCUT2D eigenvalue weighted by Gasteiger charge is -2.19. The maximum absolute atomic E-state index is 12.7.